The number of methoxy groups -OCH3 is 1. The minimum Gasteiger partial charge on any atom is -0.496 e. The number of alkyl halides is 3. The van der Waals surface area contributed by atoms with Gasteiger partial charge in [-0.05, 0) is 35.7 Å². The molecule has 2 aromatic rings. The van der Waals surface area contributed by atoms with Crippen LogP contribution in [-0.4, -0.2) is 30.6 Å². The molecular weight excluding hydrogens is 375 g/mol. The summed E-state index contributed by atoms with van der Waals surface area (Å²) in [6, 6.07) is 8.21. The first-order valence-electron chi connectivity index (χ1n) is 8.61. The zero-order valence-corrected chi connectivity index (χ0v) is 15.0. The van der Waals surface area contributed by atoms with Crippen LogP contribution in [0.2, 0.25) is 0 Å². The van der Waals surface area contributed by atoms with E-state index in [2.05, 4.69) is 0 Å². The maximum Gasteiger partial charge on any atom is 0.416 e. The quantitative estimate of drug-likeness (QED) is 0.829. The number of rotatable bonds is 5. The Hall–Kier alpha value is -3.03. The summed E-state index contributed by atoms with van der Waals surface area (Å²) in [6.45, 7) is 0.0456. The number of carbonyl (C=O) groups excluding carboxylic acids is 1. The van der Waals surface area contributed by atoms with Gasteiger partial charge in [0.1, 0.15) is 5.75 Å². The Morgan fingerprint density at radius 2 is 1.86 bits per heavy atom. The molecule has 8 heteroatoms. The maximum atomic E-state index is 12.8. The molecule has 0 aliphatic carbocycles. The van der Waals surface area contributed by atoms with E-state index in [1.54, 1.807) is 12.1 Å². The first-order valence-corrected chi connectivity index (χ1v) is 8.61. The molecule has 5 nitrogen and oxygen atoms in total. The third-order valence-electron chi connectivity index (χ3n) is 4.67. The Morgan fingerprint density at radius 3 is 2.43 bits per heavy atom. The molecule has 0 radical (unpaired) electrons. The van der Waals surface area contributed by atoms with E-state index in [-0.39, 0.29) is 25.3 Å². The molecule has 0 saturated heterocycles. The molecule has 1 aliphatic heterocycles. The van der Waals surface area contributed by atoms with Crippen molar-refractivity contribution >= 4 is 17.6 Å². The zero-order chi connectivity index (χ0) is 20.5. The van der Waals surface area contributed by atoms with Gasteiger partial charge in [-0.2, -0.15) is 13.2 Å². The molecule has 0 atom stereocenters. The first kappa shape index (κ1) is 19.7. The van der Waals surface area contributed by atoms with Crippen molar-refractivity contribution in [2.45, 2.75) is 25.4 Å². The van der Waals surface area contributed by atoms with Crippen LogP contribution in [0.4, 0.5) is 18.9 Å². The molecular formula is C20H18F3NO4. The Labute approximate surface area is 159 Å². The molecule has 0 fully saturated rings. The molecule has 0 saturated carbocycles. The minimum atomic E-state index is -4.41. The van der Waals surface area contributed by atoms with Crippen molar-refractivity contribution < 1.29 is 32.6 Å². The highest BCUT2D eigenvalue weighted by Gasteiger charge is 2.30. The number of anilines is 1. The summed E-state index contributed by atoms with van der Waals surface area (Å²) in [7, 11) is 1.43. The maximum absolute atomic E-state index is 12.8. The fourth-order valence-electron chi connectivity index (χ4n) is 3.26. The van der Waals surface area contributed by atoms with Crippen molar-refractivity contribution in [3.63, 3.8) is 0 Å². The van der Waals surface area contributed by atoms with Crippen LogP contribution in [0.3, 0.4) is 0 Å². The van der Waals surface area contributed by atoms with E-state index >= 15 is 0 Å². The molecule has 1 amide bonds. The van der Waals surface area contributed by atoms with Crippen molar-refractivity contribution in [2.75, 3.05) is 18.6 Å². The molecule has 1 aliphatic rings. The van der Waals surface area contributed by atoms with Crippen LogP contribution in [-0.2, 0) is 22.2 Å². The molecule has 1 heterocycles. The second kappa shape index (κ2) is 7.53. The molecule has 0 aromatic heterocycles. The Kier molecular flexibility index (Phi) is 5.31. The second-order valence-corrected chi connectivity index (χ2v) is 6.45. The summed E-state index contributed by atoms with van der Waals surface area (Å²) in [5.74, 6) is -0.778. The number of halogens is 3. The van der Waals surface area contributed by atoms with Crippen LogP contribution >= 0.6 is 0 Å². The number of benzene rings is 2. The fraction of sp³-hybridized carbons (Fsp3) is 0.300. The van der Waals surface area contributed by atoms with Gasteiger partial charge in [0.2, 0.25) is 5.91 Å². The van der Waals surface area contributed by atoms with Gasteiger partial charge in [0.15, 0.2) is 0 Å². The molecule has 1 N–H and O–H groups in total. The van der Waals surface area contributed by atoms with Crippen LogP contribution in [0.15, 0.2) is 36.4 Å². The standard InChI is InChI=1S/C20H18F3NO4/c1-28-17-11-16-13(4-7-18(25)24(16)9-8-19(26)27)10-15(17)12-2-5-14(6-3-12)20(21,22)23/h2-3,5-6,10-11H,4,7-9H2,1H3,(H,26,27). The summed E-state index contributed by atoms with van der Waals surface area (Å²) in [5.41, 5.74) is 1.83. The van der Waals surface area contributed by atoms with Gasteiger partial charge in [-0.25, -0.2) is 0 Å². The largest absolute Gasteiger partial charge is 0.496 e. The number of carbonyl (C=O) groups is 2. The SMILES string of the molecule is COc1cc2c(cc1-c1ccc(C(F)(F)F)cc1)CCC(=O)N2CCC(=O)O. The number of nitrogens with zero attached hydrogens (tertiary/aromatic N) is 1. The number of ether oxygens (including phenoxy) is 1. The lowest BCUT2D eigenvalue weighted by atomic mass is 9.94. The Morgan fingerprint density at radius 1 is 1.18 bits per heavy atom. The minimum absolute atomic E-state index is 0.0456. The predicted octanol–water partition coefficient (Wildman–Crippen LogP) is 4.13. The van der Waals surface area contributed by atoms with Crippen molar-refractivity contribution in [1.29, 1.82) is 0 Å². The molecule has 0 bridgehead atoms. The summed E-state index contributed by atoms with van der Waals surface area (Å²) in [6.07, 6.45) is -3.89. The molecule has 0 unspecified atom stereocenters. The molecule has 28 heavy (non-hydrogen) atoms. The van der Waals surface area contributed by atoms with Gasteiger partial charge in [0, 0.05) is 24.6 Å². The third kappa shape index (κ3) is 3.95. The summed E-state index contributed by atoms with van der Waals surface area (Å²) >= 11 is 0. The molecule has 148 valence electrons. The van der Waals surface area contributed by atoms with Crippen molar-refractivity contribution in [3.05, 3.63) is 47.5 Å². The number of amides is 1. The van der Waals surface area contributed by atoms with E-state index in [4.69, 9.17) is 9.84 Å². The summed E-state index contributed by atoms with van der Waals surface area (Å²) < 4.78 is 43.8. The van der Waals surface area contributed by atoms with Gasteiger partial charge < -0.3 is 14.7 Å². The molecule has 3 rings (SSSR count). The van der Waals surface area contributed by atoms with Crippen molar-refractivity contribution in [2.24, 2.45) is 0 Å². The van der Waals surface area contributed by atoms with Crippen molar-refractivity contribution in [3.8, 4) is 16.9 Å². The number of aryl methyl sites for hydroxylation is 1. The average molecular weight is 393 g/mol. The van der Waals surface area contributed by atoms with Gasteiger partial charge in [0.25, 0.3) is 0 Å². The van der Waals surface area contributed by atoms with Gasteiger partial charge in [-0.15, -0.1) is 0 Å². The lowest BCUT2D eigenvalue weighted by molar-refractivity contribution is -0.138. The van der Waals surface area contributed by atoms with Gasteiger partial charge in [-0.3, -0.25) is 9.59 Å². The van der Waals surface area contributed by atoms with E-state index in [0.717, 1.165) is 17.7 Å². The zero-order valence-electron chi connectivity index (χ0n) is 15.0. The van der Waals surface area contributed by atoms with E-state index < -0.39 is 17.7 Å². The van der Waals surface area contributed by atoms with E-state index in [1.807, 2.05) is 0 Å². The fourth-order valence-corrected chi connectivity index (χ4v) is 3.26. The van der Waals surface area contributed by atoms with Crippen LogP contribution < -0.4 is 9.64 Å². The monoisotopic (exact) mass is 393 g/mol. The lowest BCUT2D eigenvalue weighted by Gasteiger charge is -2.30. The highest BCUT2D eigenvalue weighted by atomic mass is 19.4. The van der Waals surface area contributed by atoms with Gasteiger partial charge >= 0.3 is 12.1 Å². The Balaban J connectivity index is 2.01. The molecule has 2 aromatic carbocycles. The molecule has 0 spiro atoms. The van der Waals surface area contributed by atoms with Crippen LogP contribution in [0.25, 0.3) is 11.1 Å². The number of fused-ring (bicyclic) bond motifs is 1. The summed E-state index contributed by atoms with van der Waals surface area (Å²) in [4.78, 5) is 24.5. The lowest BCUT2D eigenvalue weighted by Crippen LogP contribution is -2.36. The third-order valence-corrected chi connectivity index (χ3v) is 4.67. The van der Waals surface area contributed by atoms with Crippen LogP contribution in [0, 0.1) is 0 Å². The van der Waals surface area contributed by atoms with E-state index in [0.29, 0.717) is 29.0 Å². The van der Waals surface area contributed by atoms with Crippen LogP contribution in [0.5, 0.6) is 5.75 Å². The number of carboxylic acids is 1. The highest BCUT2D eigenvalue weighted by Crippen LogP contribution is 2.40. The Bertz CT molecular complexity index is 907. The first-order chi connectivity index (χ1) is 13.2. The van der Waals surface area contributed by atoms with Gasteiger partial charge in [-0.1, -0.05) is 12.1 Å². The van der Waals surface area contributed by atoms with E-state index in [9.17, 15) is 22.8 Å². The van der Waals surface area contributed by atoms with Gasteiger partial charge in [0.05, 0.1) is 24.8 Å². The second-order valence-electron chi connectivity index (χ2n) is 6.45. The number of aliphatic carboxylic acids is 1. The smallest absolute Gasteiger partial charge is 0.416 e. The summed E-state index contributed by atoms with van der Waals surface area (Å²) in [5, 5.41) is 8.91. The highest BCUT2D eigenvalue weighted by molar-refractivity contribution is 5.98. The normalized spacial score (nSPS) is 14.0. The van der Waals surface area contributed by atoms with Crippen LogP contribution in [0.1, 0.15) is 24.0 Å². The average Bonchev–Trinajstić information content (AvgIpc) is 2.65. The van der Waals surface area contributed by atoms with E-state index in [1.165, 1.54) is 24.1 Å². The topological polar surface area (TPSA) is 66.8 Å². The number of hydrogen-bond donors (Lipinski definition) is 1. The number of hydrogen-bond acceptors (Lipinski definition) is 3. The predicted molar refractivity (Wildman–Crippen MR) is 96.4 cm³/mol. The van der Waals surface area contributed by atoms with Crippen molar-refractivity contribution in [1.82, 2.24) is 0 Å². The number of carboxylic acid groups (broad SMARTS) is 1.